The summed E-state index contributed by atoms with van der Waals surface area (Å²) in [7, 11) is 0. The fourth-order valence-corrected chi connectivity index (χ4v) is 5.82. The van der Waals surface area contributed by atoms with E-state index in [4.69, 9.17) is 4.98 Å². The minimum Gasteiger partial charge on any atom is -0.381 e. The summed E-state index contributed by atoms with van der Waals surface area (Å²) in [6.07, 6.45) is 9.14. The van der Waals surface area contributed by atoms with Gasteiger partial charge in [-0.2, -0.15) is 0 Å². The number of nitrogens with one attached hydrogen (secondary N) is 3. The topological polar surface area (TPSA) is 69.3 Å². The Morgan fingerprint density at radius 3 is 2.82 bits per heavy atom. The van der Waals surface area contributed by atoms with Crippen LogP contribution in [0.15, 0.2) is 48.7 Å². The van der Waals surface area contributed by atoms with E-state index in [1.807, 2.05) is 6.92 Å². The van der Waals surface area contributed by atoms with Gasteiger partial charge < -0.3 is 20.9 Å². The van der Waals surface area contributed by atoms with Crippen LogP contribution in [-0.4, -0.2) is 60.5 Å². The van der Waals surface area contributed by atoms with E-state index < -0.39 is 5.92 Å². The van der Waals surface area contributed by atoms with Crippen molar-refractivity contribution in [3.8, 4) is 0 Å². The number of likely N-dealkylation sites (tertiary alicyclic amines) is 1. The Morgan fingerprint density at radius 1 is 1.26 bits per heavy atom. The molecule has 1 saturated carbocycles. The number of alkyl halides is 2. The van der Waals surface area contributed by atoms with E-state index in [2.05, 4.69) is 46.1 Å². The van der Waals surface area contributed by atoms with Crippen LogP contribution < -0.4 is 16.0 Å². The lowest BCUT2D eigenvalue weighted by molar-refractivity contribution is -0.126. The molecule has 2 atom stereocenters. The van der Waals surface area contributed by atoms with Crippen molar-refractivity contribution in [3.05, 3.63) is 60.0 Å². The predicted molar refractivity (Wildman–Crippen MR) is 149 cm³/mol. The highest BCUT2D eigenvalue weighted by Gasteiger charge is 2.46. The Bertz CT molecular complexity index is 1030. The van der Waals surface area contributed by atoms with Crippen LogP contribution in [0.25, 0.3) is 0 Å². The summed E-state index contributed by atoms with van der Waals surface area (Å²) >= 11 is 0. The largest absolute Gasteiger partial charge is 0.381 e. The first-order valence-electron chi connectivity index (χ1n) is 14.1. The van der Waals surface area contributed by atoms with Gasteiger partial charge in [-0.3, -0.25) is 4.79 Å². The van der Waals surface area contributed by atoms with E-state index in [-0.39, 0.29) is 36.6 Å². The molecule has 1 saturated heterocycles. The minimum absolute atomic E-state index is 0.0163. The van der Waals surface area contributed by atoms with Crippen LogP contribution in [0.2, 0.25) is 0 Å². The molecular weight excluding hydrogens is 484 g/mol. The molecule has 0 bridgehead atoms. The SMILES string of the molecule is C=C/C(NC(C)CNC(=O)C1CCCN(CCCc2ccc3c(n2)NCCC3)C1)=C(\C=C)C1CC(F)(F)C1. The van der Waals surface area contributed by atoms with E-state index in [9.17, 15) is 13.6 Å². The molecule has 6 nitrogen and oxygen atoms in total. The zero-order valence-corrected chi connectivity index (χ0v) is 22.7. The number of allylic oxidation sites excluding steroid dienone is 3. The fraction of sp³-hybridized carbons (Fsp3) is 0.600. The number of piperidine rings is 1. The third-order valence-electron chi connectivity index (χ3n) is 7.98. The Hall–Kier alpha value is -2.74. The summed E-state index contributed by atoms with van der Waals surface area (Å²) in [5, 5.41) is 9.83. The van der Waals surface area contributed by atoms with Gasteiger partial charge in [0.2, 0.25) is 11.8 Å². The number of aryl methyl sites for hydroxylation is 2. The summed E-state index contributed by atoms with van der Waals surface area (Å²) in [5.41, 5.74) is 3.93. The number of nitrogens with zero attached hydrogens (tertiary/aromatic N) is 2. The standard InChI is InChI=1S/C30H43F2N5O/c1-4-26(24-17-30(31,32)18-24)27(5-2)35-21(3)19-34-29(38)23-10-7-15-37(20-23)16-8-11-25-13-12-22-9-6-14-33-28(22)36-25/h4-5,12-13,21,23-24,35H,1-2,6-11,14-20H2,3H3,(H,33,36)(H,34,38)/b27-26-. The number of fused-ring (bicyclic) bond motifs is 1. The summed E-state index contributed by atoms with van der Waals surface area (Å²) in [6.45, 7) is 13.9. The quantitative estimate of drug-likeness (QED) is 0.339. The molecule has 1 amide bonds. The molecule has 3 aliphatic rings. The molecule has 2 fully saturated rings. The van der Waals surface area contributed by atoms with E-state index >= 15 is 0 Å². The van der Waals surface area contributed by atoms with Crippen molar-refractivity contribution < 1.29 is 13.6 Å². The van der Waals surface area contributed by atoms with Gasteiger partial charge in [0.05, 0.1) is 5.92 Å². The molecule has 38 heavy (non-hydrogen) atoms. The van der Waals surface area contributed by atoms with Gasteiger partial charge in [-0.05, 0) is 87.7 Å². The third kappa shape index (κ3) is 7.43. The number of rotatable bonds is 12. The van der Waals surface area contributed by atoms with E-state index in [1.54, 1.807) is 12.2 Å². The maximum Gasteiger partial charge on any atom is 0.249 e. The molecule has 2 unspecified atom stereocenters. The zero-order valence-electron chi connectivity index (χ0n) is 22.7. The average Bonchev–Trinajstić information content (AvgIpc) is 2.90. The van der Waals surface area contributed by atoms with Crippen molar-refractivity contribution in [2.45, 2.75) is 70.3 Å². The summed E-state index contributed by atoms with van der Waals surface area (Å²) < 4.78 is 26.7. The van der Waals surface area contributed by atoms with Crippen LogP contribution in [0, 0.1) is 11.8 Å². The lowest BCUT2D eigenvalue weighted by Gasteiger charge is -2.37. The molecule has 8 heteroatoms. The molecule has 1 aliphatic carbocycles. The van der Waals surface area contributed by atoms with Gasteiger partial charge in [0.1, 0.15) is 5.82 Å². The van der Waals surface area contributed by atoms with Crippen molar-refractivity contribution >= 4 is 11.7 Å². The second-order valence-electron chi connectivity index (χ2n) is 11.1. The maximum absolute atomic E-state index is 13.4. The average molecular weight is 528 g/mol. The van der Waals surface area contributed by atoms with Gasteiger partial charge in [-0.1, -0.05) is 25.3 Å². The van der Waals surface area contributed by atoms with E-state index in [0.717, 1.165) is 81.1 Å². The van der Waals surface area contributed by atoms with Crippen molar-refractivity contribution in [1.29, 1.82) is 0 Å². The second kappa shape index (κ2) is 12.9. The summed E-state index contributed by atoms with van der Waals surface area (Å²) in [6, 6.07) is 4.29. The number of hydrogen-bond donors (Lipinski definition) is 3. The number of anilines is 1. The van der Waals surface area contributed by atoms with Gasteiger partial charge >= 0.3 is 0 Å². The minimum atomic E-state index is -2.59. The molecule has 3 N–H and O–H groups in total. The van der Waals surface area contributed by atoms with E-state index in [0.29, 0.717) is 6.54 Å². The van der Waals surface area contributed by atoms with Gasteiger partial charge in [-0.25, -0.2) is 13.8 Å². The summed E-state index contributed by atoms with van der Waals surface area (Å²) in [5.74, 6) is -1.69. The number of amides is 1. The highest BCUT2D eigenvalue weighted by Crippen LogP contribution is 2.46. The third-order valence-corrected chi connectivity index (χ3v) is 7.98. The molecule has 1 aromatic heterocycles. The van der Waals surface area contributed by atoms with Crippen LogP contribution in [0.1, 0.15) is 56.7 Å². The van der Waals surface area contributed by atoms with Crippen LogP contribution in [0.3, 0.4) is 0 Å². The molecule has 208 valence electrons. The Morgan fingerprint density at radius 2 is 2.08 bits per heavy atom. The van der Waals surface area contributed by atoms with Crippen LogP contribution in [0.4, 0.5) is 14.6 Å². The number of pyridine rings is 1. The predicted octanol–water partition coefficient (Wildman–Crippen LogP) is 4.85. The molecule has 0 aromatic carbocycles. The van der Waals surface area contributed by atoms with Crippen molar-refractivity contribution in [1.82, 2.24) is 20.5 Å². The maximum atomic E-state index is 13.4. The van der Waals surface area contributed by atoms with Crippen molar-refractivity contribution in [2.24, 2.45) is 11.8 Å². The smallest absolute Gasteiger partial charge is 0.249 e. The van der Waals surface area contributed by atoms with Crippen LogP contribution in [0.5, 0.6) is 0 Å². The number of hydrogen-bond acceptors (Lipinski definition) is 5. The Kier molecular flexibility index (Phi) is 9.58. The monoisotopic (exact) mass is 527 g/mol. The zero-order chi connectivity index (χ0) is 27.1. The second-order valence-corrected chi connectivity index (χ2v) is 11.1. The first kappa shape index (κ1) is 28.3. The van der Waals surface area contributed by atoms with Gasteiger partial charge in [0.15, 0.2) is 0 Å². The van der Waals surface area contributed by atoms with Crippen LogP contribution >= 0.6 is 0 Å². The van der Waals surface area contributed by atoms with Gasteiger partial charge in [0.25, 0.3) is 0 Å². The van der Waals surface area contributed by atoms with Crippen molar-refractivity contribution in [2.75, 3.05) is 38.0 Å². The number of aromatic nitrogens is 1. The number of carbonyl (C=O) groups excluding carboxylic acids is 1. The molecule has 3 heterocycles. The normalized spacial score (nSPS) is 22.7. The highest BCUT2D eigenvalue weighted by molar-refractivity contribution is 5.79. The molecule has 2 aliphatic heterocycles. The van der Waals surface area contributed by atoms with E-state index in [1.165, 1.54) is 12.0 Å². The first-order chi connectivity index (χ1) is 18.3. The van der Waals surface area contributed by atoms with Crippen LogP contribution in [-0.2, 0) is 17.6 Å². The molecule has 0 radical (unpaired) electrons. The molecule has 1 aromatic rings. The number of halogens is 2. The molecular formula is C30H43F2N5O. The lowest BCUT2D eigenvalue weighted by Crippen LogP contribution is -2.46. The highest BCUT2D eigenvalue weighted by atomic mass is 19.3. The fourth-order valence-electron chi connectivity index (χ4n) is 5.82. The molecule has 0 spiro atoms. The molecule has 4 rings (SSSR count). The Balaban J connectivity index is 1.19. The lowest BCUT2D eigenvalue weighted by atomic mass is 9.75. The van der Waals surface area contributed by atoms with Gasteiger partial charge in [-0.15, -0.1) is 0 Å². The first-order valence-corrected chi connectivity index (χ1v) is 14.1. The van der Waals surface area contributed by atoms with Gasteiger partial charge in [0, 0.05) is 49.9 Å². The van der Waals surface area contributed by atoms with Crippen molar-refractivity contribution in [3.63, 3.8) is 0 Å². The summed E-state index contributed by atoms with van der Waals surface area (Å²) in [4.78, 5) is 20.1. The number of carbonyl (C=O) groups is 1. The Labute approximate surface area is 226 Å².